The second kappa shape index (κ2) is 7.88. The summed E-state index contributed by atoms with van der Waals surface area (Å²) in [5.74, 6) is 1.57. The number of benzene rings is 1. The zero-order chi connectivity index (χ0) is 20.4. The zero-order valence-electron chi connectivity index (χ0n) is 17.2. The van der Waals surface area contributed by atoms with Crippen molar-refractivity contribution in [3.8, 4) is 5.75 Å². The van der Waals surface area contributed by atoms with Crippen LogP contribution in [0.1, 0.15) is 58.5 Å². The summed E-state index contributed by atoms with van der Waals surface area (Å²) in [6, 6.07) is 7.84. The molecule has 3 rings (SSSR count). The van der Waals surface area contributed by atoms with Crippen LogP contribution in [0.4, 0.5) is 5.82 Å². The molecule has 0 aliphatic heterocycles. The Bertz CT molecular complexity index is 1000. The summed E-state index contributed by atoms with van der Waals surface area (Å²) in [6.45, 7) is 11.9. The first-order chi connectivity index (χ1) is 13.3. The van der Waals surface area contributed by atoms with Gasteiger partial charge in [0.1, 0.15) is 23.9 Å². The molecule has 1 aromatic carbocycles. The van der Waals surface area contributed by atoms with Crippen molar-refractivity contribution < 1.29 is 14.1 Å². The maximum absolute atomic E-state index is 12.8. The number of rotatable bonds is 6. The van der Waals surface area contributed by atoms with E-state index in [9.17, 15) is 4.79 Å². The molecule has 148 valence electrons. The van der Waals surface area contributed by atoms with Crippen LogP contribution < -0.4 is 10.1 Å². The number of amides is 1. The van der Waals surface area contributed by atoms with E-state index in [4.69, 9.17) is 9.26 Å². The van der Waals surface area contributed by atoms with Crippen molar-refractivity contribution in [3.05, 3.63) is 58.1 Å². The van der Waals surface area contributed by atoms with E-state index < -0.39 is 0 Å². The minimum absolute atomic E-state index is 0.121. The number of aromatic nitrogens is 3. The van der Waals surface area contributed by atoms with Crippen LogP contribution in [0.3, 0.4) is 0 Å². The van der Waals surface area contributed by atoms with Crippen LogP contribution in [-0.4, -0.2) is 20.8 Å². The van der Waals surface area contributed by atoms with Gasteiger partial charge in [0.05, 0.1) is 11.3 Å². The smallest absolute Gasteiger partial charge is 0.279 e. The molecule has 1 N–H and O–H groups in total. The summed E-state index contributed by atoms with van der Waals surface area (Å²) in [4.78, 5) is 12.8. The number of anilines is 1. The van der Waals surface area contributed by atoms with Gasteiger partial charge in [-0.05, 0) is 64.8 Å². The Hall–Kier alpha value is -3.09. The molecule has 0 spiro atoms. The van der Waals surface area contributed by atoms with E-state index in [1.54, 1.807) is 11.6 Å². The SMILES string of the molecule is Cc1cc(NC(=O)c2noc(C)c2COc2ccc(C)c(C)c2)n(C(C)C)n1. The quantitative estimate of drug-likeness (QED) is 0.678. The third-order valence-corrected chi connectivity index (χ3v) is 4.65. The summed E-state index contributed by atoms with van der Waals surface area (Å²) in [6.07, 6.45) is 0. The Balaban J connectivity index is 1.78. The molecular weight excluding hydrogens is 356 g/mol. The molecule has 0 saturated heterocycles. The zero-order valence-corrected chi connectivity index (χ0v) is 17.2. The van der Waals surface area contributed by atoms with Gasteiger partial charge >= 0.3 is 0 Å². The molecule has 0 fully saturated rings. The molecule has 1 amide bonds. The lowest BCUT2D eigenvalue weighted by Crippen LogP contribution is -2.19. The van der Waals surface area contributed by atoms with Gasteiger partial charge in [0, 0.05) is 12.1 Å². The van der Waals surface area contributed by atoms with Gasteiger partial charge in [0.15, 0.2) is 5.69 Å². The van der Waals surface area contributed by atoms with Gasteiger partial charge < -0.3 is 14.6 Å². The lowest BCUT2D eigenvalue weighted by molar-refractivity contribution is 0.101. The lowest BCUT2D eigenvalue weighted by Gasteiger charge is -2.12. The van der Waals surface area contributed by atoms with E-state index in [1.807, 2.05) is 52.0 Å². The Kier molecular flexibility index (Phi) is 5.53. The van der Waals surface area contributed by atoms with E-state index in [-0.39, 0.29) is 24.2 Å². The molecule has 3 aromatic rings. The first kappa shape index (κ1) is 19.7. The molecule has 2 aromatic heterocycles. The van der Waals surface area contributed by atoms with Crippen LogP contribution in [0.5, 0.6) is 5.75 Å². The predicted molar refractivity (Wildman–Crippen MR) is 107 cm³/mol. The third-order valence-electron chi connectivity index (χ3n) is 4.65. The molecular formula is C21H26N4O3. The second-order valence-corrected chi connectivity index (χ2v) is 7.26. The first-order valence-electron chi connectivity index (χ1n) is 9.29. The van der Waals surface area contributed by atoms with Crippen LogP contribution in [-0.2, 0) is 6.61 Å². The molecule has 0 unspecified atom stereocenters. The Morgan fingerprint density at radius 2 is 1.93 bits per heavy atom. The summed E-state index contributed by atoms with van der Waals surface area (Å²) in [7, 11) is 0. The van der Waals surface area contributed by atoms with Crippen molar-refractivity contribution in [2.75, 3.05) is 5.32 Å². The molecule has 7 nitrogen and oxygen atoms in total. The van der Waals surface area contributed by atoms with Crippen LogP contribution in [0.15, 0.2) is 28.8 Å². The van der Waals surface area contributed by atoms with E-state index in [0.29, 0.717) is 17.1 Å². The monoisotopic (exact) mass is 382 g/mol. The normalized spacial score (nSPS) is 11.1. The fraction of sp³-hybridized carbons (Fsp3) is 0.381. The molecule has 0 radical (unpaired) electrons. The largest absolute Gasteiger partial charge is 0.489 e. The Morgan fingerprint density at radius 1 is 1.18 bits per heavy atom. The molecule has 0 saturated carbocycles. The van der Waals surface area contributed by atoms with Crippen molar-refractivity contribution in [1.29, 1.82) is 0 Å². The maximum atomic E-state index is 12.8. The number of nitrogens with one attached hydrogen (secondary N) is 1. The van der Waals surface area contributed by atoms with Crippen LogP contribution >= 0.6 is 0 Å². The number of carbonyl (C=O) groups excluding carboxylic acids is 1. The molecule has 0 aliphatic rings. The average Bonchev–Trinajstić information content (AvgIpc) is 3.18. The van der Waals surface area contributed by atoms with Gasteiger partial charge in [-0.25, -0.2) is 4.68 Å². The van der Waals surface area contributed by atoms with Crippen molar-refractivity contribution in [2.45, 2.75) is 54.2 Å². The Labute approximate surface area is 164 Å². The standard InChI is InChI=1S/C21H26N4O3/c1-12(2)25-19(10-15(5)23-25)22-21(26)20-18(16(6)28-24-20)11-27-17-8-7-13(3)14(4)9-17/h7-10,12H,11H2,1-6H3,(H,22,26). The molecule has 28 heavy (non-hydrogen) atoms. The van der Waals surface area contributed by atoms with E-state index in [1.165, 1.54) is 5.56 Å². The number of carbonyl (C=O) groups is 1. The van der Waals surface area contributed by atoms with Crippen molar-refractivity contribution >= 4 is 11.7 Å². The van der Waals surface area contributed by atoms with Crippen LogP contribution in [0, 0.1) is 27.7 Å². The summed E-state index contributed by atoms with van der Waals surface area (Å²) < 4.78 is 12.9. The number of aryl methyl sites for hydroxylation is 4. The molecule has 2 heterocycles. The highest BCUT2D eigenvalue weighted by Gasteiger charge is 2.22. The van der Waals surface area contributed by atoms with Crippen LogP contribution in [0.2, 0.25) is 0 Å². The third kappa shape index (κ3) is 4.08. The number of hydrogen-bond donors (Lipinski definition) is 1. The summed E-state index contributed by atoms with van der Waals surface area (Å²) in [5.41, 5.74) is 4.03. The van der Waals surface area contributed by atoms with Gasteiger partial charge in [-0.3, -0.25) is 4.79 Å². The van der Waals surface area contributed by atoms with Gasteiger partial charge in [-0.2, -0.15) is 5.10 Å². The summed E-state index contributed by atoms with van der Waals surface area (Å²) in [5, 5.41) is 11.2. The summed E-state index contributed by atoms with van der Waals surface area (Å²) >= 11 is 0. The minimum Gasteiger partial charge on any atom is -0.489 e. The van der Waals surface area contributed by atoms with Gasteiger partial charge in [-0.1, -0.05) is 11.2 Å². The van der Waals surface area contributed by atoms with Gasteiger partial charge in [0.2, 0.25) is 0 Å². The predicted octanol–water partition coefficient (Wildman–Crippen LogP) is 4.52. The highest BCUT2D eigenvalue weighted by molar-refractivity contribution is 6.03. The van der Waals surface area contributed by atoms with E-state index in [0.717, 1.165) is 17.0 Å². The van der Waals surface area contributed by atoms with E-state index >= 15 is 0 Å². The first-order valence-corrected chi connectivity index (χ1v) is 9.29. The highest BCUT2D eigenvalue weighted by Crippen LogP contribution is 2.22. The molecule has 7 heteroatoms. The van der Waals surface area contributed by atoms with Gasteiger partial charge in [-0.15, -0.1) is 0 Å². The minimum atomic E-state index is -0.350. The van der Waals surface area contributed by atoms with Gasteiger partial charge in [0.25, 0.3) is 5.91 Å². The number of hydrogen-bond acceptors (Lipinski definition) is 5. The molecule has 0 bridgehead atoms. The topological polar surface area (TPSA) is 82.2 Å². The number of ether oxygens (including phenoxy) is 1. The fourth-order valence-electron chi connectivity index (χ4n) is 2.88. The highest BCUT2D eigenvalue weighted by atomic mass is 16.5. The average molecular weight is 382 g/mol. The van der Waals surface area contributed by atoms with Crippen molar-refractivity contribution in [2.24, 2.45) is 0 Å². The fourth-order valence-corrected chi connectivity index (χ4v) is 2.88. The second-order valence-electron chi connectivity index (χ2n) is 7.26. The van der Waals surface area contributed by atoms with Crippen LogP contribution in [0.25, 0.3) is 0 Å². The maximum Gasteiger partial charge on any atom is 0.279 e. The lowest BCUT2D eigenvalue weighted by atomic mass is 10.1. The number of nitrogens with zero attached hydrogens (tertiary/aromatic N) is 3. The molecule has 0 aliphatic carbocycles. The molecule has 0 atom stereocenters. The Morgan fingerprint density at radius 3 is 2.61 bits per heavy atom. The van der Waals surface area contributed by atoms with Crippen molar-refractivity contribution in [3.63, 3.8) is 0 Å². The van der Waals surface area contributed by atoms with E-state index in [2.05, 4.69) is 22.5 Å². The van der Waals surface area contributed by atoms with Crippen molar-refractivity contribution in [1.82, 2.24) is 14.9 Å².